The van der Waals surface area contributed by atoms with E-state index in [1.807, 2.05) is 0 Å². The lowest BCUT2D eigenvalue weighted by atomic mass is 10.2. The van der Waals surface area contributed by atoms with Gasteiger partial charge in [-0.3, -0.25) is 4.79 Å². The van der Waals surface area contributed by atoms with Crippen LogP contribution in [0.25, 0.3) is 0 Å². The van der Waals surface area contributed by atoms with E-state index in [9.17, 15) is 21.6 Å². The third kappa shape index (κ3) is 5.07. The summed E-state index contributed by atoms with van der Waals surface area (Å²) in [7, 11) is -6.78. The predicted octanol–water partition coefficient (Wildman–Crippen LogP) is -0.264. The molecule has 2 N–H and O–H groups in total. The molecule has 1 aliphatic rings. The summed E-state index contributed by atoms with van der Waals surface area (Å²) in [4.78, 5) is 10.6. The minimum atomic E-state index is -3.67. The molecule has 1 atom stereocenters. The van der Waals surface area contributed by atoms with Gasteiger partial charge in [-0.2, -0.15) is 0 Å². The van der Waals surface area contributed by atoms with Gasteiger partial charge in [0.15, 0.2) is 0 Å². The summed E-state index contributed by atoms with van der Waals surface area (Å²) in [6.45, 7) is 1.70. The fraction of sp³-hybridized carbons (Fsp3) is 0.900. The molecular weight excluding hydrogens is 294 g/mol. The third-order valence-electron chi connectivity index (χ3n) is 3.19. The van der Waals surface area contributed by atoms with E-state index in [1.165, 1.54) is 0 Å². The number of aliphatic carboxylic acids is 1. The number of rotatable bonds is 6. The predicted molar refractivity (Wildman–Crippen MR) is 70.1 cm³/mol. The Morgan fingerprint density at radius 3 is 2.32 bits per heavy atom. The third-order valence-corrected chi connectivity index (χ3v) is 6.91. The molecule has 0 aromatic rings. The van der Waals surface area contributed by atoms with Gasteiger partial charge in [0.05, 0.1) is 23.2 Å². The van der Waals surface area contributed by atoms with Crippen LogP contribution >= 0.6 is 0 Å². The Bertz CT molecular complexity index is 510. The second-order valence-electron chi connectivity index (χ2n) is 4.72. The van der Waals surface area contributed by atoms with Crippen molar-refractivity contribution in [1.29, 1.82) is 0 Å². The lowest BCUT2D eigenvalue weighted by Crippen LogP contribution is -2.44. The second kappa shape index (κ2) is 6.19. The normalized spacial score (nSPS) is 21.9. The van der Waals surface area contributed by atoms with Gasteiger partial charge >= 0.3 is 5.97 Å². The number of hydrogen-bond acceptors (Lipinski definition) is 5. The standard InChI is InChI=1S/C10H19NO6S2/c1-2-8(7-10(12)13)11-19(16,17)9-3-5-18(14,15)6-4-9/h8-9,11H,2-7H2,1H3,(H,12,13). The maximum Gasteiger partial charge on any atom is 0.304 e. The monoisotopic (exact) mass is 313 g/mol. The van der Waals surface area contributed by atoms with Crippen LogP contribution in [0.4, 0.5) is 0 Å². The summed E-state index contributed by atoms with van der Waals surface area (Å²) < 4.78 is 49.0. The average molecular weight is 313 g/mol. The van der Waals surface area contributed by atoms with Crippen LogP contribution in [-0.2, 0) is 24.7 Å². The highest BCUT2D eigenvalue weighted by molar-refractivity contribution is 7.92. The van der Waals surface area contributed by atoms with Crippen LogP contribution in [0.3, 0.4) is 0 Å². The van der Waals surface area contributed by atoms with Crippen LogP contribution < -0.4 is 4.72 Å². The molecule has 0 bridgehead atoms. The van der Waals surface area contributed by atoms with Crippen molar-refractivity contribution in [2.24, 2.45) is 0 Å². The highest BCUT2D eigenvalue weighted by Crippen LogP contribution is 2.19. The van der Waals surface area contributed by atoms with Gasteiger partial charge in [0.2, 0.25) is 10.0 Å². The maximum absolute atomic E-state index is 12.0. The van der Waals surface area contributed by atoms with Crippen LogP contribution in [0.15, 0.2) is 0 Å². The lowest BCUT2D eigenvalue weighted by molar-refractivity contribution is -0.137. The van der Waals surface area contributed by atoms with Crippen LogP contribution in [0.2, 0.25) is 0 Å². The molecule has 1 aliphatic heterocycles. The molecule has 19 heavy (non-hydrogen) atoms. The topological polar surface area (TPSA) is 118 Å². The van der Waals surface area contributed by atoms with E-state index < -0.39 is 37.1 Å². The minimum absolute atomic E-state index is 0.0706. The molecule has 1 heterocycles. The summed E-state index contributed by atoms with van der Waals surface area (Å²) >= 11 is 0. The molecule has 0 radical (unpaired) electrons. The van der Waals surface area contributed by atoms with Crippen molar-refractivity contribution < 1.29 is 26.7 Å². The number of sulfone groups is 1. The molecule has 0 aliphatic carbocycles. The molecule has 1 rings (SSSR count). The highest BCUT2D eigenvalue weighted by atomic mass is 32.2. The van der Waals surface area contributed by atoms with Gasteiger partial charge < -0.3 is 5.11 Å². The summed E-state index contributed by atoms with van der Waals surface area (Å²) in [6, 6.07) is -0.652. The maximum atomic E-state index is 12.0. The first-order chi connectivity index (χ1) is 8.66. The van der Waals surface area contributed by atoms with Crippen molar-refractivity contribution in [1.82, 2.24) is 4.72 Å². The summed E-state index contributed by atoms with van der Waals surface area (Å²) in [5.41, 5.74) is 0. The van der Waals surface area contributed by atoms with Gasteiger partial charge in [0, 0.05) is 6.04 Å². The summed E-state index contributed by atoms with van der Waals surface area (Å²) in [5.74, 6) is -1.33. The number of carboxylic acid groups (broad SMARTS) is 1. The van der Waals surface area contributed by atoms with Crippen molar-refractivity contribution in [2.75, 3.05) is 11.5 Å². The van der Waals surface area contributed by atoms with Gasteiger partial charge in [0.25, 0.3) is 0 Å². The van der Waals surface area contributed by atoms with E-state index in [0.717, 1.165) is 0 Å². The Morgan fingerprint density at radius 1 is 1.37 bits per heavy atom. The zero-order valence-corrected chi connectivity index (χ0v) is 12.3. The molecule has 0 saturated carbocycles. The molecule has 9 heteroatoms. The van der Waals surface area contributed by atoms with Crippen molar-refractivity contribution in [3.63, 3.8) is 0 Å². The fourth-order valence-corrected chi connectivity index (χ4v) is 5.54. The molecule has 112 valence electrons. The van der Waals surface area contributed by atoms with Crippen LogP contribution in [0, 0.1) is 0 Å². The average Bonchev–Trinajstić information content (AvgIpc) is 2.26. The Hall–Kier alpha value is -0.670. The Morgan fingerprint density at radius 2 is 1.89 bits per heavy atom. The van der Waals surface area contributed by atoms with Gasteiger partial charge in [-0.1, -0.05) is 6.92 Å². The SMILES string of the molecule is CCC(CC(=O)O)NS(=O)(=O)C1CCS(=O)(=O)CC1. The molecule has 1 fully saturated rings. The van der Waals surface area contributed by atoms with Crippen molar-refractivity contribution in [3.05, 3.63) is 0 Å². The Labute approximate surface area is 113 Å². The lowest BCUT2D eigenvalue weighted by Gasteiger charge is -2.24. The van der Waals surface area contributed by atoms with E-state index >= 15 is 0 Å². The van der Waals surface area contributed by atoms with E-state index in [0.29, 0.717) is 6.42 Å². The molecule has 0 spiro atoms. The first kappa shape index (κ1) is 16.4. The number of hydrogen-bond donors (Lipinski definition) is 2. The summed E-state index contributed by atoms with van der Waals surface area (Å²) in [6.07, 6.45) is 0.236. The molecule has 7 nitrogen and oxygen atoms in total. The number of carboxylic acids is 1. The molecule has 0 amide bonds. The Kier molecular flexibility index (Phi) is 5.34. The zero-order valence-electron chi connectivity index (χ0n) is 10.7. The molecule has 0 aromatic carbocycles. The molecule has 1 unspecified atom stereocenters. The summed E-state index contributed by atoms with van der Waals surface area (Å²) in [5, 5.41) is 7.93. The van der Waals surface area contributed by atoms with Crippen LogP contribution in [-0.4, -0.2) is 50.7 Å². The van der Waals surface area contributed by atoms with E-state index in [2.05, 4.69) is 4.72 Å². The molecular formula is C10H19NO6S2. The van der Waals surface area contributed by atoms with Crippen molar-refractivity contribution in [2.45, 2.75) is 43.9 Å². The van der Waals surface area contributed by atoms with Crippen molar-refractivity contribution >= 4 is 25.8 Å². The largest absolute Gasteiger partial charge is 0.481 e. The van der Waals surface area contributed by atoms with E-state index in [1.54, 1.807) is 6.92 Å². The molecule has 0 aromatic heterocycles. The van der Waals surface area contributed by atoms with E-state index in [4.69, 9.17) is 5.11 Å². The number of nitrogens with one attached hydrogen (secondary N) is 1. The van der Waals surface area contributed by atoms with Gasteiger partial charge in [0.1, 0.15) is 9.84 Å². The quantitative estimate of drug-likeness (QED) is 0.697. The number of carbonyl (C=O) groups is 1. The molecule has 1 saturated heterocycles. The minimum Gasteiger partial charge on any atom is -0.481 e. The highest BCUT2D eigenvalue weighted by Gasteiger charge is 2.34. The zero-order chi connectivity index (χ0) is 14.7. The number of sulfonamides is 1. The van der Waals surface area contributed by atoms with Crippen LogP contribution in [0.5, 0.6) is 0 Å². The van der Waals surface area contributed by atoms with Gasteiger partial charge in [-0.15, -0.1) is 0 Å². The first-order valence-corrected chi connectivity index (χ1v) is 9.46. The van der Waals surface area contributed by atoms with Crippen LogP contribution in [0.1, 0.15) is 32.6 Å². The fourth-order valence-electron chi connectivity index (χ4n) is 1.99. The Balaban J connectivity index is 2.68. The van der Waals surface area contributed by atoms with Crippen molar-refractivity contribution in [3.8, 4) is 0 Å². The second-order valence-corrected chi connectivity index (χ2v) is 9.01. The van der Waals surface area contributed by atoms with E-state index in [-0.39, 0.29) is 30.8 Å². The van der Waals surface area contributed by atoms with Gasteiger partial charge in [-0.05, 0) is 19.3 Å². The van der Waals surface area contributed by atoms with Gasteiger partial charge in [-0.25, -0.2) is 21.6 Å². The first-order valence-electron chi connectivity index (χ1n) is 6.09. The smallest absolute Gasteiger partial charge is 0.304 e.